The lowest BCUT2D eigenvalue weighted by atomic mass is 10.2. The van der Waals surface area contributed by atoms with E-state index in [-0.39, 0.29) is 5.82 Å². The van der Waals surface area contributed by atoms with Crippen molar-refractivity contribution in [2.45, 2.75) is 6.92 Å². The lowest BCUT2D eigenvalue weighted by molar-refractivity contribution is 0.629. The van der Waals surface area contributed by atoms with Crippen LogP contribution in [-0.4, -0.2) is 19.2 Å². The van der Waals surface area contributed by atoms with Crippen LogP contribution in [0.5, 0.6) is 0 Å². The third-order valence-electron chi connectivity index (χ3n) is 3.67. The molecule has 19 heavy (non-hydrogen) atoms. The van der Waals surface area contributed by atoms with E-state index in [9.17, 15) is 4.39 Å². The van der Waals surface area contributed by atoms with Gasteiger partial charge in [-0.15, -0.1) is 0 Å². The van der Waals surface area contributed by atoms with Crippen molar-refractivity contribution < 1.29 is 4.39 Å². The van der Waals surface area contributed by atoms with Gasteiger partial charge in [-0.1, -0.05) is 0 Å². The Kier molecular flexibility index (Phi) is 1.83. The first-order valence-corrected chi connectivity index (χ1v) is 6.04. The molecule has 0 bridgehead atoms. The molecule has 0 saturated carbocycles. The Hall–Kier alpha value is -2.43. The number of benzene rings is 1. The molecule has 0 spiro atoms. The minimum absolute atomic E-state index is 0.220. The first-order chi connectivity index (χ1) is 9.16. The molecule has 0 radical (unpaired) electrons. The van der Waals surface area contributed by atoms with E-state index in [4.69, 9.17) is 0 Å². The molecule has 5 heteroatoms. The number of aromatic nitrogens is 4. The van der Waals surface area contributed by atoms with Crippen LogP contribution < -0.4 is 0 Å². The van der Waals surface area contributed by atoms with Gasteiger partial charge in [0.2, 0.25) is 0 Å². The monoisotopic (exact) mass is 254 g/mol. The van der Waals surface area contributed by atoms with E-state index in [2.05, 4.69) is 14.5 Å². The number of hydrogen-bond acceptors (Lipinski definition) is 2. The molecular weight excluding hydrogens is 243 g/mol. The first-order valence-electron chi connectivity index (χ1n) is 6.04. The van der Waals surface area contributed by atoms with Gasteiger partial charge in [0.1, 0.15) is 11.3 Å². The summed E-state index contributed by atoms with van der Waals surface area (Å²) in [7, 11) is 1.86. The first kappa shape index (κ1) is 10.5. The van der Waals surface area contributed by atoms with Crippen molar-refractivity contribution in [2.24, 2.45) is 7.05 Å². The molecule has 0 saturated heterocycles. The van der Waals surface area contributed by atoms with Gasteiger partial charge >= 0.3 is 0 Å². The van der Waals surface area contributed by atoms with Crippen LogP contribution in [0.3, 0.4) is 0 Å². The van der Waals surface area contributed by atoms with Crippen molar-refractivity contribution in [1.29, 1.82) is 0 Å². The maximum atomic E-state index is 13.4. The van der Waals surface area contributed by atoms with Crippen molar-refractivity contribution in [1.82, 2.24) is 19.2 Å². The van der Waals surface area contributed by atoms with Crippen LogP contribution in [0.25, 0.3) is 27.6 Å². The number of rotatable bonds is 0. The van der Waals surface area contributed by atoms with Crippen molar-refractivity contribution in [3.8, 4) is 0 Å². The van der Waals surface area contributed by atoms with E-state index in [1.165, 1.54) is 6.07 Å². The Bertz CT molecular complexity index is 948. The van der Waals surface area contributed by atoms with Gasteiger partial charge in [-0.2, -0.15) is 5.10 Å². The second-order valence-electron chi connectivity index (χ2n) is 4.74. The average molecular weight is 254 g/mol. The van der Waals surface area contributed by atoms with E-state index in [1.807, 2.05) is 20.2 Å². The van der Waals surface area contributed by atoms with Gasteiger partial charge in [-0.05, 0) is 30.7 Å². The molecule has 4 aromatic rings. The Labute approximate surface area is 108 Å². The maximum absolute atomic E-state index is 13.4. The van der Waals surface area contributed by atoms with Gasteiger partial charge in [-0.25, -0.2) is 14.1 Å². The van der Waals surface area contributed by atoms with E-state index in [1.54, 1.807) is 23.0 Å². The second kappa shape index (κ2) is 3.32. The van der Waals surface area contributed by atoms with Crippen LogP contribution in [0.15, 0.2) is 30.6 Å². The molecule has 3 heterocycles. The summed E-state index contributed by atoms with van der Waals surface area (Å²) >= 11 is 0. The molecule has 3 aromatic heterocycles. The van der Waals surface area contributed by atoms with Crippen LogP contribution in [0.2, 0.25) is 0 Å². The quantitative estimate of drug-likeness (QED) is 0.483. The van der Waals surface area contributed by atoms with E-state index >= 15 is 0 Å². The number of hydrogen-bond donors (Lipinski definition) is 0. The molecule has 94 valence electrons. The summed E-state index contributed by atoms with van der Waals surface area (Å²) in [6.45, 7) is 1.99. The summed E-state index contributed by atoms with van der Waals surface area (Å²) in [4.78, 5) is 4.43. The summed E-state index contributed by atoms with van der Waals surface area (Å²) in [5.41, 5.74) is 4.75. The number of halogens is 1. The highest BCUT2D eigenvalue weighted by Crippen LogP contribution is 2.29. The fraction of sp³-hybridized carbons (Fsp3) is 0.143. The molecule has 1 aromatic carbocycles. The molecule has 0 N–H and O–H groups in total. The molecule has 4 nitrogen and oxygen atoms in total. The predicted octanol–water partition coefficient (Wildman–Crippen LogP) is 2.82. The van der Waals surface area contributed by atoms with Crippen molar-refractivity contribution in [2.75, 3.05) is 0 Å². The van der Waals surface area contributed by atoms with Crippen LogP contribution >= 0.6 is 0 Å². The SMILES string of the molecule is Cc1c2cc(F)ccc2n2c1cnc1c2cnn1C. The lowest BCUT2D eigenvalue weighted by Gasteiger charge is -2.00. The Morgan fingerprint density at radius 1 is 1.11 bits per heavy atom. The fourth-order valence-corrected chi connectivity index (χ4v) is 2.70. The Morgan fingerprint density at radius 2 is 1.95 bits per heavy atom. The minimum Gasteiger partial charge on any atom is -0.303 e. The highest BCUT2D eigenvalue weighted by Gasteiger charge is 2.13. The minimum atomic E-state index is -0.220. The molecule has 0 amide bonds. The molecule has 0 unspecified atom stereocenters. The van der Waals surface area contributed by atoms with Gasteiger partial charge in [-0.3, -0.25) is 0 Å². The maximum Gasteiger partial charge on any atom is 0.174 e. The standard InChI is InChI=1S/C14H11FN4/c1-8-10-5-9(15)3-4-11(10)19-12(8)6-16-14-13(19)7-17-18(14)2/h3-7H,1-2H3. The van der Waals surface area contributed by atoms with Crippen LogP contribution in [0.1, 0.15) is 5.56 Å². The van der Waals surface area contributed by atoms with E-state index in [0.29, 0.717) is 0 Å². The summed E-state index contributed by atoms with van der Waals surface area (Å²) in [6, 6.07) is 4.85. The van der Waals surface area contributed by atoms with Gasteiger partial charge in [0, 0.05) is 12.4 Å². The Morgan fingerprint density at radius 3 is 2.79 bits per heavy atom. The largest absolute Gasteiger partial charge is 0.303 e. The van der Waals surface area contributed by atoms with Gasteiger partial charge < -0.3 is 4.40 Å². The van der Waals surface area contributed by atoms with E-state index in [0.717, 1.165) is 33.1 Å². The lowest BCUT2D eigenvalue weighted by Crippen LogP contribution is -1.94. The molecular formula is C14H11FN4. The summed E-state index contributed by atoms with van der Waals surface area (Å²) in [5.74, 6) is -0.220. The third kappa shape index (κ3) is 1.22. The molecule has 4 rings (SSSR count). The van der Waals surface area contributed by atoms with Gasteiger partial charge in [0.25, 0.3) is 0 Å². The van der Waals surface area contributed by atoms with Gasteiger partial charge in [0.15, 0.2) is 5.65 Å². The zero-order chi connectivity index (χ0) is 13.1. The smallest absolute Gasteiger partial charge is 0.174 e. The molecule has 0 atom stereocenters. The summed E-state index contributed by atoms with van der Waals surface area (Å²) < 4.78 is 17.2. The summed E-state index contributed by atoms with van der Waals surface area (Å²) in [6.07, 6.45) is 3.61. The van der Waals surface area contributed by atoms with Gasteiger partial charge in [0.05, 0.1) is 23.4 Å². The highest BCUT2D eigenvalue weighted by molar-refractivity contribution is 5.95. The number of aryl methyl sites for hydroxylation is 2. The normalized spacial score (nSPS) is 11.9. The third-order valence-corrected chi connectivity index (χ3v) is 3.67. The van der Waals surface area contributed by atoms with E-state index < -0.39 is 0 Å². The van der Waals surface area contributed by atoms with Crippen LogP contribution in [0.4, 0.5) is 4.39 Å². The molecule has 0 aliphatic carbocycles. The van der Waals surface area contributed by atoms with Crippen LogP contribution in [-0.2, 0) is 7.05 Å². The number of nitrogens with zero attached hydrogens (tertiary/aromatic N) is 4. The number of fused-ring (bicyclic) bond motifs is 5. The average Bonchev–Trinajstić information content (AvgIpc) is 2.90. The fourth-order valence-electron chi connectivity index (χ4n) is 2.70. The van der Waals surface area contributed by atoms with Crippen molar-refractivity contribution >= 4 is 27.6 Å². The van der Waals surface area contributed by atoms with Crippen molar-refractivity contribution in [3.05, 3.63) is 42.0 Å². The highest BCUT2D eigenvalue weighted by atomic mass is 19.1. The zero-order valence-electron chi connectivity index (χ0n) is 10.6. The predicted molar refractivity (Wildman–Crippen MR) is 71.7 cm³/mol. The molecule has 0 aliphatic heterocycles. The topological polar surface area (TPSA) is 35.1 Å². The van der Waals surface area contributed by atoms with Crippen molar-refractivity contribution in [3.63, 3.8) is 0 Å². The van der Waals surface area contributed by atoms with Crippen LogP contribution in [0, 0.1) is 12.7 Å². The second-order valence-corrected chi connectivity index (χ2v) is 4.74. The molecule has 0 fully saturated rings. The Balaban J connectivity index is 2.36. The zero-order valence-corrected chi connectivity index (χ0v) is 10.6. The molecule has 0 aliphatic rings. The summed E-state index contributed by atoms with van der Waals surface area (Å²) in [5, 5.41) is 5.15.